The average molecular weight is 361 g/mol. The molecule has 26 heavy (non-hydrogen) atoms. The minimum absolute atomic E-state index is 0.137. The molecule has 0 radical (unpaired) electrons. The third-order valence-corrected chi connectivity index (χ3v) is 5.85. The van der Waals surface area contributed by atoms with Gasteiger partial charge in [0.15, 0.2) is 5.67 Å². The summed E-state index contributed by atoms with van der Waals surface area (Å²) in [7, 11) is 0. The number of nitrogens with one attached hydrogen (secondary N) is 1. The number of alkyl halides is 1. The van der Waals surface area contributed by atoms with Crippen molar-refractivity contribution in [3.63, 3.8) is 0 Å². The lowest BCUT2D eigenvalue weighted by Gasteiger charge is -2.41. The molecule has 2 aliphatic heterocycles. The van der Waals surface area contributed by atoms with E-state index < -0.39 is 17.7 Å². The second-order valence-electron chi connectivity index (χ2n) is 7.60. The van der Waals surface area contributed by atoms with Crippen LogP contribution in [-0.4, -0.2) is 52.7 Å². The molecule has 1 aromatic rings. The van der Waals surface area contributed by atoms with E-state index in [1.165, 1.54) is 0 Å². The maximum Gasteiger partial charge on any atom is 0.260 e. The summed E-state index contributed by atoms with van der Waals surface area (Å²) >= 11 is 0. The molecule has 1 saturated carbocycles. The molecular formula is C19H24FN3O3. The second kappa shape index (κ2) is 6.95. The molecular weight excluding hydrogens is 337 g/mol. The van der Waals surface area contributed by atoms with Crippen LogP contribution >= 0.6 is 0 Å². The fraction of sp³-hybridized carbons (Fsp3) is 0.632. The number of fused-ring (bicyclic) bond motifs is 1. The summed E-state index contributed by atoms with van der Waals surface area (Å²) in [5, 5.41) is 2.88. The third-order valence-electron chi connectivity index (χ3n) is 5.85. The number of hydrogen-bond donors (Lipinski definition) is 1. The summed E-state index contributed by atoms with van der Waals surface area (Å²) in [5.41, 5.74) is -0.729. The number of ether oxygens (including phenoxy) is 1. The molecule has 140 valence electrons. The smallest absolute Gasteiger partial charge is 0.260 e. The molecule has 4 rings (SSSR count). The van der Waals surface area contributed by atoms with Crippen LogP contribution < -0.4 is 5.32 Å². The maximum absolute atomic E-state index is 14.4. The Hall–Kier alpha value is -2.02. The standard InChI is InChI=1S/C19H24FN3O3/c20-19(5-2-6-19)18(25)23-8-4-14-9-15(26-16(14)12-23)17(24)22-11-13-3-1-7-21-10-13/h1,3,7,10,14-16H,2,4-6,8-9,11-12H2,(H,22,24)/t14-,15+,16+/m0/s1. The van der Waals surface area contributed by atoms with Crippen molar-refractivity contribution >= 4 is 11.8 Å². The van der Waals surface area contributed by atoms with Crippen LogP contribution in [0.3, 0.4) is 0 Å². The Morgan fingerprint density at radius 2 is 2.27 bits per heavy atom. The number of aromatic nitrogens is 1. The summed E-state index contributed by atoms with van der Waals surface area (Å²) < 4.78 is 20.3. The second-order valence-corrected chi connectivity index (χ2v) is 7.60. The molecule has 2 saturated heterocycles. The van der Waals surface area contributed by atoms with Gasteiger partial charge in [0.1, 0.15) is 6.10 Å². The summed E-state index contributed by atoms with van der Waals surface area (Å²) in [4.78, 5) is 30.4. The van der Waals surface area contributed by atoms with Gasteiger partial charge in [0.2, 0.25) is 5.91 Å². The average Bonchev–Trinajstić information content (AvgIpc) is 3.07. The first-order valence-electron chi connectivity index (χ1n) is 9.35. The van der Waals surface area contributed by atoms with E-state index in [9.17, 15) is 14.0 Å². The molecule has 3 heterocycles. The Labute approximate surface area is 152 Å². The van der Waals surface area contributed by atoms with Crippen LogP contribution in [0.5, 0.6) is 0 Å². The van der Waals surface area contributed by atoms with Crippen LogP contribution in [-0.2, 0) is 20.9 Å². The first kappa shape index (κ1) is 17.4. The van der Waals surface area contributed by atoms with Gasteiger partial charge in [-0.2, -0.15) is 0 Å². The van der Waals surface area contributed by atoms with Gasteiger partial charge in [0.25, 0.3) is 5.91 Å². The number of halogens is 1. The van der Waals surface area contributed by atoms with E-state index in [4.69, 9.17) is 4.74 Å². The number of hydrogen-bond acceptors (Lipinski definition) is 4. The summed E-state index contributed by atoms with van der Waals surface area (Å²) in [5.74, 6) is -0.275. The van der Waals surface area contributed by atoms with Gasteiger partial charge in [-0.1, -0.05) is 6.07 Å². The fourth-order valence-electron chi connectivity index (χ4n) is 4.07. The Morgan fingerprint density at radius 1 is 1.42 bits per heavy atom. The lowest BCUT2D eigenvalue weighted by Crippen LogP contribution is -2.55. The van der Waals surface area contributed by atoms with Crippen molar-refractivity contribution in [3.05, 3.63) is 30.1 Å². The van der Waals surface area contributed by atoms with Gasteiger partial charge in [-0.3, -0.25) is 14.6 Å². The molecule has 2 amide bonds. The summed E-state index contributed by atoms with van der Waals surface area (Å²) in [6.07, 6.45) is 5.59. The van der Waals surface area contributed by atoms with Gasteiger partial charge in [-0.15, -0.1) is 0 Å². The van der Waals surface area contributed by atoms with Crippen molar-refractivity contribution in [3.8, 4) is 0 Å². The van der Waals surface area contributed by atoms with Crippen molar-refractivity contribution in [2.45, 2.75) is 56.5 Å². The zero-order chi connectivity index (χ0) is 18.1. The molecule has 0 unspecified atom stereocenters. The normalized spacial score (nSPS) is 29.6. The molecule has 1 aliphatic carbocycles. The van der Waals surface area contributed by atoms with Crippen molar-refractivity contribution in [1.82, 2.24) is 15.2 Å². The van der Waals surface area contributed by atoms with E-state index in [2.05, 4.69) is 10.3 Å². The first-order valence-corrected chi connectivity index (χ1v) is 9.35. The molecule has 1 N–H and O–H groups in total. The van der Waals surface area contributed by atoms with Crippen molar-refractivity contribution < 1.29 is 18.7 Å². The maximum atomic E-state index is 14.4. The van der Waals surface area contributed by atoms with Crippen LogP contribution in [0.25, 0.3) is 0 Å². The summed E-state index contributed by atoms with van der Waals surface area (Å²) in [6, 6.07) is 3.73. The number of amides is 2. The van der Waals surface area contributed by atoms with E-state index in [1.807, 2.05) is 12.1 Å². The Kier molecular flexibility index (Phi) is 4.65. The van der Waals surface area contributed by atoms with Crippen LogP contribution in [0.1, 0.15) is 37.7 Å². The largest absolute Gasteiger partial charge is 0.363 e. The number of carbonyl (C=O) groups is 2. The fourth-order valence-corrected chi connectivity index (χ4v) is 4.07. The van der Waals surface area contributed by atoms with Crippen molar-refractivity contribution in [1.29, 1.82) is 0 Å². The highest BCUT2D eigenvalue weighted by atomic mass is 19.1. The number of pyridine rings is 1. The van der Waals surface area contributed by atoms with E-state index in [0.29, 0.717) is 38.9 Å². The molecule has 0 spiro atoms. The van der Waals surface area contributed by atoms with Crippen molar-refractivity contribution in [2.24, 2.45) is 5.92 Å². The number of carbonyl (C=O) groups excluding carboxylic acids is 2. The Morgan fingerprint density at radius 3 is 2.96 bits per heavy atom. The van der Waals surface area contributed by atoms with Crippen LogP contribution in [0.4, 0.5) is 4.39 Å². The monoisotopic (exact) mass is 361 g/mol. The van der Waals surface area contributed by atoms with E-state index in [0.717, 1.165) is 18.4 Å². The minimum Gasteiger partial charge on any atom is -0.363 e. The Balaban J connectivity index is 1.30. The quantitative estimate of drug-likeness (QED) is 0.884. The molecule has 3 fully saturated rings. The van der Waals surface area contributed by atoms with Gasteiger partial charge >= 0.3 is 0 Å². The first-order chi connectivity index (χ1) is 12.5. The third kappa shape index (κ3) is 3.32. The number of likely N-dealkylation sites (tertiary alicyclic amines) is 1. The van der Waals surface area contributed by atoms with Crippen LogP contribution in [0, 0.1) is 5.92 Å². The number of nitrogens with zero attached hydrogens (tertiary/aromatic N) is 2. The summed E-state index contributed by atoms with van der Waals surface area (Å²) in [6.45, 7) is 1.36. The van der Waals surface area contributed by atoms with Gasteiger partial charge in [-0.05, 0) is 49.7 Å². The number of piperidine rings is 1. The molecule has 0 bridgehead atoms. The molecule has 3 atom stereocenters. The van der Waals surface area contributed by atoms with Gasteiger partial charge in [0.05, 0.1) is 6.10 Å². The zero-order valence-corrected chi connectivity index (χ0v) is 14.7. The molecule has 6 nitrogen and oxygen atoms in total. The highest BCUT2D eigenvalue weighted by Gasteiger charge is 2.50. The predicted octanol–water partition coefficient (Wildman–Crippen LogP) is 1.60. The minimum atomic E-state index is -1.66. The van der Waals surface area contributed by atoms with Crippen LogP contribution in [0.2, 0.25) is 0 Å². The molecule has 1 aromatic heterocycles. The molecule has 7 heteroatoms. The van der Waals surface area contributed by atoms with Gasteiger partial charge < -0.3 is 15.0 Å². The van der Waals surface area contributed by atoms with Gasteiger partial charge in [-0.25, -0.2) is 4.39 Å². The topological polar surface area (TPSA) is 71.5 Å². The highest BCUT2D eigenvalue weighted by Crippen LogP contribution is 2.40. The van der Waals surface area contributed by atoms with E-state index in [-0.39, 0.29) is 17.9 Å². The number of rotatable bonds is 4. The van der Waals surface area contributed by atoms with E-state index in [1.54, 1.807) is 17.3 Å². The van der Waals surface area contributed by atoms with Gasteiger partial charge in [0, 0.05) is 32.0 Å². The Bertz CT molecular complexity index is 680. The molecule has 3 aliphatic rings. The lowest BCUT2D eigenvalue weighted by atomic mass is 9.80. The van der Waals surface area contributed by atoms with Crippen LogP contribution in [0.15, 0.2) is 24.5 Å². The molecule has 0 aromatic carbocycles. The SMILES string of the molecule is O=C(NCc1cccnc1)[C@H]1C[C@@H]2CCN(C(=O)C3(F)CCC3)C[C@H]2O1. The van der Waals surface area contributed by atoms with E-state index >= 15 is 0 Å². The highest BCUT2D eigenvalue weighted by molar-refractivity contribution is 5.86. The predicted molar refractivity (Wildman–Crippen MR) is 91.7 cm³/mol. The zero-order valence-electron chi connectivity index (χ0n) is 14.7. The van der Waals surface area contributed by atoms with Crippen molar-refractivity contribution in [2.75, 3.05) is 13.1 Å². The lowest BCUT2D eigenvalue weighted by molar-refractivity contribution is -0.154.